The van der Waals surface area contributed by atoms with E-state index in [1.807, 2.05) is 12.1 Å². The van der Waals surface area contributed by atoms with Gasteiger partial charge >= 0.3 is 0 Å². The lowest BCUT2D eigenvalue weighted by Gasteiger charge is -2.35. The minimum absolute atomic E-state index is 0. The van der Waals surface area contributed by atoms with Crippen LogP contribution in [-0.2, 0) is 16.0 Å². The number of methoxy groups -OCH3 is 1. The molecule has 0 atom stereocenters. The molecule has 0 aliphatic carbocycles. The molecule has 1 aromatic rings. The highest BCUT2D eigenvalue weighted by atomic mass is 127. The van der Waals surface area contributed by atoms with Gasteiger partial charge in [-0.3, -0.25) is 4.99 Å². The van der Waals surface area contributed by atoms with Gasteiger partial charge in [-0.2, -0.15) is 0 Å². The summed E-state index contributed by atoms with van der Waals surface area (Å²) in [5.74, 6) is 0.765. The Morgan fingerprint density at radius 2 is 1.90 bits per heavy atom. The maximum atomic E-state index is 6.53. The molecule has 0 unspecified atom stereocenters. The van der Waals surface area contributed by atoms with Crippen molar-refractivity contribution >= 4 is 47.2 Å². The van der Waals surface area contributed by atoms with Crippen molar-refractivity contribution in [2.45, 2.75) is 13.0 Å². The van der Waals surface area contributed by atoms with Crippen LogP contribution < -0.4 is 15.5 Å². The lowest BCUT2D eigenvalue weighted by atomic mass is 10.1. The monoisotopic (exact) mass is 539 g/mol. The predicted molar refractivity (Wildman–Crippen MR) is 132 cm³/mol. The van der Waals surface area contributed by atoms with Crippen LogP contribution >= 0.6 is 35.6 Å². The second kappa shape index (κ2) is 15.1. The summed E-state index contributed by atoms with van der Waals surface area (Å²) in [5.41, 5.74) is 2.31. The van der Waals surface area contributed by atoms with Crippen molar-refractivity contribution in [3.8, 4) is 0 Å². The van der Waals surface area contributed by atoms with Crippen LogP contribution in [0.15, 0.2) is 23.2 Å². The van der Waals surface area contributed by atoms with Crippen LogP contribution in [0.3, 0.4) is 0 Å². The quantitative estimate of drug-likeness (QED) is 0.206. The van der Waals surface area contributed by atoms with Gasteiger partial charge in [-0.25, -0.2) is 0 Å². The fraction of sp³-hybridized carbons (Fsp3) is 0.650. The molecule has 1 aliphatic rings. The summed E-state index contributed by atoms with van der Waals surface area (Å²) in [6.45, 7) is 7.54. The molecule has 1 aliphatic heterocycles. The first-order chi connectivity index (χ1) is 13.7. The number of likely N-dealkylation sites (N-methyl/N-ethyl adjacent to an activating group) is 1. The summed E-state index contributed by atoms with van der Waals surface area (Å²) in [7, 11) is 5.61. The van der Waals surface area contributed by atoms with Gasteiger partial charge in [0.1, 0.15) is 0 Å². The number of hydrogen-bond acceptors (Lipinski definition) is 5. The number of hydrogen-bond donors (Lipinski definition) is 2. The van der Waals surface area contributed by atoms with E-state index >= 15 is 0 Å². The second-order valence-corrected chi connectivity index (χ2v) is 7.25. The fourth-order valence-corrected chi connectivity index (χ4v) is 3.32. The molecular formula is C20H35ClIN5O2. The highest BCUT2D eigenvalue weighted by Crippen LogP contribution is 2.28. The molecule has 0 amide bonds. The number of rotatable bonds is 10. The lowest BCUT2D eigenvalue weighted by molar-refractivity contribution is 0.0698. The third kappa shape index (κ3) is 9.25. The van der Waals surface area contributed by atoms with Gasteiger partial charge in [-0.15, -0.1) is 24.0 Å². The van der Waals surface area contributed by atoms with E-state index in [0.717, 1.165) is 55.7 Å². The maximum absolute atomic E-state index is 6.53. The highest BCUT2D eigenvalue weighted by Gasteiger charge is 2.18. The molecule has 29 heavy (non-hydrogen) atoms. The highest BCUT2D eigenvalue weighted by molar-refractivity contribution is 14.0. The molecule has 1 saturated heterocycles. The number of aliphatic imine (C=N–C) groups is 1. The Bertz CT molecular complexity index is 613. The van der Waals surface area contributed by atoms with E-state index in [0.29, 0.717) is 26.4 Å². The molecule has 0 saturated carbocycles. The summed E-state index contributed by atoms with van der Waals surface area (Å²) in [4.78, 5) is 9.07. The van der Waals surface area contributed by atoms with E-state index in [1.54, 1.807) is 14.2 Å². The largest absolute Gasteiger partial charge is 0.382 e. The molecule has 1 fully saturated rings. The van der Waals surface area contributed by atoms with Gasteiger partial charge in [0.05, 0.1) is 13.2 Å². The Labute approximate surface area is 197 Å². The van der Waals surface area contributed by atoms with Gasteiger partial charge in [0, 0.05) is 76.3 Å². The Kier molecular flexibility index (Phi) is 13.6. The third-order valence-electron chi connectivity index (χ3n) is 4.78. The van der Waals surface area contributed by atoms with Crippen molar-refractivity contribution in [3.63, 3.8) is 0 Å². The molecule has 2 N–H and O–H groups in total. The number of halogens is 2. The molecule has 166 valence electrons. The standard InChI is InChI=1S/C20H34ClN5O2.HI/c1-22-20(23-8-5-13-28-15-14-27-3)24-16-17-18(21)6-4-7-19(17)26-11-9-25(2)10-12-26;/h4,6-7H,5,8-16H2,1-3H3,(H2,22,23,24);1H. The molecule has 0 aromatic heterocycles. The summed E-state index contributed by atoms with van der Waals surface area (Å²) in [6, 6.07) is 6.13. The zero-order valence-corrected chi connectivity index (χ0v) is 20.8. The van der Waals surface area contributed by atoms with Crippen LogP contribution in [0, 0.1) is 0 Å². The number of ether oxygens (including phenoxy) is 2. The van der Waals surface area contributed by atoms with Crippen molar-refractivity contribution < 1.29 is 9.47 Å². The smallest absolute Gasteiger partial charge is 0.191 e. The number of anilines is 1. The first kappa shape index (κ1) is 26.2. The van der Waals surface area contributed by atoms with Crippen LogP contribution in [0.1, 0.15) is 12.0 Å². The first-order valence-corrected chi connectivity index (χ1v) is 10.3. The van der Waals surface area contributed by atoms with E-state index in [9.17, 15) is 0 Å². The van der Waals surface area contributed by atoms with E-state index in [1.165, 1.54) is 5.69 Å². The molecule has 1 aromatic carbocycles. The van der Waals surface area contributed by atoms with Crippen LogP contribution in [0.2, 0.25) is 5.02 Å². The van der Waals surface area contributed by atoms with Crippen molar-refractivity contribution in [2.75, 3.05) is 78.6 Å². The summed E-state index contributed by atoms with van der Waals surface area (Å²) in [6.07, 6.45) is 0.906. The van der Waals surface area contributed by atoms with Crippen LogP contribution in [-0.4, -0.2) is 84.6 Å². The minimum Gasteiger partial charge on any atom is -0.382 e. The van der Waals surface area contributed by atoms with Crippen molar-refractivity contribution in [1.29, 1.82) is 0 Å². The Morgan fingerprint density at radius 1 is 1.14 bits per heavy atom. The van der Waals surface area contributed by atoms with Crippen molar-refractivity contribution in [1.82, 2.24) is 15.5 Å². The molecular weight excluding hydrogens is 505 g/mol. The fourth-order valence-electron chi connectivity index (χ4n) is 3.08. The van der Waals surface area contributed by atoms with E-state index in [4.69, 9.17) is 21.1 Å². The van der Waals surface area contributed by atoms with Gasteiger partial charge < -0.3 is 29.9 Å². The molecule has 0 bridgehead atoms. The van der Waals surface area contributed by atoms with E-state index in [-0.39, 0.29) is 24.0 Å². The Morgan fingerprint density at radius 3 is 2.59 bits per heavy atom. The molecule has 7 nitrogen and oxygen atoms in total. The van der Waals surface area contributed by atoms with Crippen LogP contribution in [0.4, 0.5) is 5.69 Å². The summed E-state index contributed by atoms with van der Waals surface area (Å²) < 4.78 is 10.4. The lowest BCUT2D eigenvalue weighted by Crippen LogP contribution is -2.45. The molecule has 0 radical (unpaired) electrons. The van der Waals surface area contributed by atoms with Gasteiger partial charge in [-0.1, -0.05) is 17.7 Å². The SMILES string of the molecule is CN=C(NCCCOCCOC)NCc1c(Cl)cccc1N1CCN(C)CC1.I. The van der Waals surface area contributed by atoms with Gasteiger partial charge in [0.2, 0.25) is 0 Å². The molecule has 0 spiro atoms. The number of nitrogens with one attached hydrogen (secondary N) is 2. The second-order valence-electron chi connectivity index (χ2n) is 6.84. The number of guanidine groups is 1. The zero-order chi connectivity index (χ0) is 20.2. The van der Waals surface area contributed by atoms with Gasteiger partial charge in [0.25, 0.3) is 0 Å². The Hall–Kier alpha value is -0.810. The maximum Gasteiger partial charge on any atom is 0.191 e. The number of piperazine rings is 1. The minimum atomic E-state index is 0. The van der Waals surface area contributed by atoms with Gasteiger partial charge in [0.15, 0.2) is 5.96 Å². The first-order valence-electron chi connectivity index (χ1n) is 9.87. The van der Waals surface area contributed by atoms with E-state index in [2.05, 4.69) is 38.5 Å². The van der Waals surface area contributed by atoms with Crippen LogP contribution in [0.5, 0.6) is 0 Å². The topological polar surface area (TPSA) is 61.4 Å². The number of benzene rings is 1. The zero-order valence-electron chi connectivity index (χ0n) is 17.7. The van der Waals surface area contributed by atoms with Crippen molar-refractivity contribution in [2.24, 2.45) is 4.99 Å². The van der Waals surface area contributed by atoms with Crippen LogP contribution in [0.25, 0.3) is 0 Å². The molecule has 9 heteroatoms. The average molecular weight is 540 g/mol. The summed E-state index contributed by atoms with van der Waals surface area (Å²) >= 11 is 6.53. The Balaban J connectivity index is 0.00000420. The molecule has 2 rings (SSSR count). The number of nitrogens with zero attached hydrogens (tertiary/aromatic N) is 3. The summed E-state index contributed by atoms with van der Waals surface area (Å²) in [5, 5.41) is 7.48. The molecule has 1 heterocycles. The third-order valence-corrected chi connectivity index (χ3v) is 5.14. The normalized spacial score (nSPS) is 15.2. The average Bonchev–Trinajstić information content (AvgIpc) is 2.71. The van der Waals surface area contributed by atoms with E-state index < -0.39 is 0 Å². The van der Waals surface area contributed by atoms with Crippen molar-refractivity contribution in [3.05, 3.63) is 28.8 Å². The van der Waals surface area contributed by atoms with Gasteiger partial charge in [-0.05, 0) is 25.6 Å². The predicted octanol–water partition coefficient (Wildman–Crippen LogP) is 2.43.